The van der Waals surface area contributed by atoms with Crippen LogP contribution in [0.15, 0.2) is 64.0 Å². The van der Waals surface area contributed by atoms with Gasteiger partial charge in [0.1, 0.15) is 11.3 Å². The molecule has 146 valence electrons. The van der Waals surface area contributed by atoms with Gasteiger partial charge in [0.15, 0.2) is 5.96 Å². The maximum absolute atomic E-state index is 11.9. The third-order valence-electron chi connectivity index (χ3n) is 4.53. The predicted octanol–water partition coefficient (Wildman–Crippen LogP) is 3.06. The first-order chi connectivity index (χ1) is 13.5. The monoisotopic (exact) mass is 378 g/mol. The van der Waals surface area contributed by atoms with E-state index in [2.05, 4.69) is 21.7 Å². The quantitative estimate of drug-likeness (QED) is 0.511. The summed E-state index contributed by atoms with van der Waals surface area (Å²) >= 11 is 0. The highest BCUT2D eigenvalue weighted by Crippen LogP contribution is 2.24. The molecule has 0 bridgehead atoms. The molecule has 6 nitrogen and oxygen atoms in total. The number of aliphatic imine (C=N–C) groups is 1. The maximum Gasteiger partial charge on any atom is 0.241 e. The van der Waals surface area contributed by atoms with E-state index in [-0.39, 0.29) is 12.5 Å². The summed E-state index contributed by atoms with van der Waals surface area (Å²) in [6.45, 7) is 3.22. The number of carbonyl (C=O) groups is 1. The van der Waals surface area contributed by atoms with Crippen LogP contribution in [0.25, 0.3) is 11.0 Å². The zero-order chi connectivity index (χ0) is 19.9. The summed E-state index contributed by atoms with van der Waals surface area (Å²) in [6, 6.07) is 18.0. The number of fused-ring (bicyclic) bond motifs is 1. The van der Waals surface area contributed by atoms with Crippen LogP contribution < -0.4 is 10.6 Å². The second-order valence-corrected chi connectivity index (χ2v) is 6.79. The highest BCUT2D eigenvalue weighted by molar-refractivity contribution is 5.86. The molecule has 28 heavy (non-hydrogen) atoms. The van der Waals surface area contributed by atoms with Crippen molar-refractivity contribution in [1.29, 1.82) is 0 Å². The fourth-order valence-corrected chi connectivity index (χ4v) is 2.80. The van der Waals surface area contributed by atoms with E-state index in [0.29, 0.717) is 19.0 Å². The Morgan fingerprint density at radius 2 is 1.75 bits per heavy atom. The summed E-state index contributed by atoms with van der Waals surface area (Å²) in [5.41, 5.74) is 3.08. The van der Waals surface area contributed by atoms with Crippen LogP contribution in [0, 0.1) is 6.92 Å². The lowest BCUT2D eigenvalue weighted by atomic mass is 10.1. The molecule has 1 aromatic heterocycles. The number of nitrogens with zero attached hydrogens (tertiary/aromatic N) is 2. The molecule has 0 saturated carbocycles. The molecule has 1 amide bonds. The number of hydrogen-bond acceptors (Lipinski definition) is 3. The Bertz CT molecular complexity index is 961. The van der Waals surface area contributed by atoms with E-state index in [1.807, 2.05) is 55.5 Å². The molecule has 6 heteroatoms. The van der Waals surface area contributed by atoms with Gasteiger partial charge in [-0.2, -0.15) is 0 Å². The highest BCUT2D eigenvalue weighted by atomic mass is 16.3. The summed E-state index contributed by atoms with van der Waals surface area (Å²) in [5.74, 6) is 1.40. The molecule has 0 spiro atoms. The lowest BCUT2D eigenvalue weighted by Gasteiger charge is -2.14. The first-order valence-corrected chi connectivity index (χ1v) is 9.28. The van der Waals surface area contributed by atoms with Crippen LogP contribution in [-0.2, 0) is 17.9 Å². The van der Waals surface area contributed by atoms with Crippen LogP contribution in [-0.4, -0.2) is 37.4 Å². The van der Waals surface area contributed by atoms with Crippen molar-refractivity contribution in [3.8, 4) is 0 Å². The Morgan fingerprint density at radius 1 is 1.04 bits per heavy atom. The Kier molecular flexibility index (Phi) is 6.32. The third-order valence-corrected chi connectivity index (χ3v) is 4.53. The lowest BCUT2D eigenvalue weighted by molar-refractivity contribution is -0.127. The van der Waals surface area contributed by atoms with E-state index in [1.54, 1.807) is 19.0 Å². The molecule has 2 N–H and O–H groups in total. The minimum absolute atomic E-state index is 0.0193. The number of nitrogens with one attached hydrogen (secondary N) is 2. The lowest BCUT2D eigenvalue weighted by Crippen LogP contribution is -2.42. The predicted molar refractivity (Wildman–Crippen MR) is 112 cm³/mol. The van der Waals surface area contributed by atoms with E-state index in [1.165, 1.54) is 0 Å². The van der Waals surface area contributed by atoms with Gasteiger partial charge >= 0.3 is 0 Å². The van der Waals surface area contributed by atoms with E-state index in [9.17, 15) is 4.79 Å². The Morgan fingerprint density at radius 3 is 2.46 bits per heavy atom. The number of amides is 1. The van der Waals surface area contributed by atoms with Gasteiger partial charge in [-0.15, -0.1) is 0 Å². The van der Waals surface area contributed by atoms with Crippen LogP contribution in [0.4, 0.5) is 0 Å². The molecular formula is C22H26N4O2. The van der Waals surface area contributed by atoms with Crippen molar-refractivity contribution in [3.05, 3.63) is 71.5 Å². The number of guanidine groups is 1. The number of para-hydroxylation sites is 1. The number of carbonyl (C=O) groups excluding carboxylic acids is 1. The van der Waals surface area contributed by atoms with E-state index in [4.69, 9.17) is 4.42 Å². The second kappa shape index (κ2) is 9.08. The smallest absolute Gasteiger partial charge is 0.241 e. The van der Waals surface area contributed by atoms with Crippen molar-refractivity contribution in [1.82, 2.24) is 15.5 Å². The number of furan rings is 1. The van der Waals surface area contributed by atoms with Crippen LogP contribution in [0.3, 0.4) is 0 Å². The number of hydrogen-bond donors (Lipinski definition) is 2. The highest BCUT2D eigenvalue weighted by Gasteiger charge is 2.11. The van der Waals surface area contributed by atoms with Gasteiger partial charge in [0.05, 0.1) is 19.6 Å². The molecule has 0 aliphatic carbocycles. The second-order valence-electron chi connectivity index (χ2n) is 6.79. The molecule has 0 unspecified atom stereocenters. The van der Waals surface area contributed by atoms with Gasteiger partial charge < -0.3 is 20.0 Å². The Labute approximate surface area is 165 Å². The average molecular weight is 378 g/mol. The molecule has 0 aliphatic rings. The van der Waals surface area contributed by atoms with Crippen molar-refractivity contribution in [2.75, 3.05) is 20.6 Å². The normalized spacial score (nSPS) is 11.5. The van der Waals surface area contributed by atoms with Crippen molar-refractivity contribution >= 4 is 22.8 Å². The molecule has 0 atom stereocenters. The van der Waals surface area contributed by atoms with Crippen molar-refractivity contribution < 1.29 is 9.21 Å². The SMILES string of the molecule is Cc1c(CNC(=NCc2ccccc2)NCC(=O)N(C)C)oc2ccccc12. The maximum atomic E-state index is 11.9. The van der Waals surface area contributed by atoms with Crippen LogP contribution in [0.1, 0.15) is 16.9 Å². The summed E-state index contributed by atoms with van der Waals surface area (Å²) < 4.78 is 5.96. The molecule has 2 aromatic carbocycles. The average Bonchev–Trinajstić information content (AvgIpc) is 3.03. The largest absolute Gasteiger partial charge is 0.459 e. The number of benzene rings is 2. The minimum Gasteiger partial charge on any atom is -0.459 e. The summed E-state index contributed by atoms with van der Waals surface area (Å²) in [4.78, 5) is 18.1. The van der Waals surface area contributed by atoms with E-state index >= 15 is 0 Å². The van der Waals surface area contributed by atoms with Gasteiger partial charge in [-0.25, -0.2) is 4.99 Å². The van der Waals surface area contributed by atoms with E-state index in [0.717, 1.165) is 27.9 Å². The fourth-order valence-electron chi connectivity index (χ4n) is 2.80. The standard InChI is InChI=1S/C22H26N4O2/c1-16-18-11-7-8-12-19(18)28-20(16)14-24-22(25-15-21(27)26(2)3)23-13-17-9-5-4-6-10-17/h4-12H,13-15H2,1-3H3,(H2,23,24,25). The minimum atomic E-state index is -0.0193. The molecule has 3 aromatic rings. The van der Waals surface area contributed by atoms with Gasteiger partial charge in [0.2, 0.25) is 5.91 Å². The van der Waals surface area contributed by atoms with Gasteiger partial charge in [0.25, 0.3) is 0 Å². The van der Waals surface area contributed by atoms with E-state index < -0.39 is 0 Å². The molecular weight excluding hydrogens is 352 g/mol. The molecule has 0 aliphatic heterocycles. The summed E-state index contributed by atoms with van der Waals surface area (Å²) in [7, 11) is 3.46. The summed E-state index contributed by atoms with van der Waals surface area (Å²) in [6.07, 6.45) is 0. The first kappa shape index (κ1) is 19.5. The van der Waals surface area contributed by atoms with Crippen molar-refractivity contribution in [3.63, 3.8) is 0 Å². The molecule has 3 rings (SSSR count). The van der Waals surface area contributed by atoms with Crippen molar-refractivity contribution in [2.45, 2.75) is 20.0 Å². The molecule has 0 saturated heterocycles. The number of likely N-dealkylation sites (N-methyl/N-ethyl adjacent to an activating group) is 1. The zero-order valence-corrected chi connectivity index (χ0v) is 16.5. The number of aryl methyl sites for hydroxylation is 1. The zero-order valence-electron chi connectivity index (χ0n) is 16.5. The van der Waals surface area contributed by atoms with Crippen LogP contribution in [0.5, 0.6) is 0 Å². The van der Waals surface area contributed by atoms with Crippen molar-refractivity contribution in [2.24, 2.45) is 4.99 Å². The van der Waals surface area contributed by atoms with Gasteiger partial charge in [-0.05, 0) is 18.6 Å². The Balaban J connectivity index is 1.71. The van der Waals surface area contributed by atoms with Gasteiger partial charge in [0, 0.05) is 25.0 Å². The topological polar surface area (TPSA) is 69.9 Å². The fraction of sp³-hybridized carbons (Fsp3) is 0.273. The number of rotatable bonds is 6. The first-order valence-electron chi connectivity index (χ1n) is 9.28. The molecule has 0 radical (unpaired) electrons. The van der Waals surface area contributed by atoms with Gasteiger partial charge in [-0.1, -0.05) is 48.5 Å². The Hall–Kier alpha value is -3.28. The van der Waals surface area contributed by atoms with Crippen LogP contribution >= 0.6 is 0 Å². The van der Waals surface area contributed by atoms with Gasteiger partial charge in [-0.3, -0.25) is 4.79 Å². The molecule has 1 heterocycles. The third kappa shape index (κ3) is 4.91. The van der Waals surface area contributed by atoms with Crippen LogP contribution in [0.2, 0.25) is 0 Å². The molecule has 0 fully saturated rings. The summed E-state index contributed by atoms with van der Waals surface area (Å²) in [5, 5.41) is 7.49.